The van der Waals surface area contributed by atoms with Crippen molar-refractivity contribution >= 4 is 38.5 Å². The Labute approximate surface area is 113 Å². The Morgan fingerprint density at radius 1 is 1.28 bits per heavy atom. The van der Waals surface area contributed by atoms with Crippen LogP contribution in [0.1, 0.15) is 10.4 Å². The minimum atomic E-state index is -5.84. The van der Waals surface area contributed by atoms with Gasteiger partial charge in [0.2, 0.25) is 0 Å². The highest BCUT2D eigenvalue weighted by molar-refractivity contribution is 14.1. The lowest BCUT2D eigenvalue weighted by Gasteiger charge is -2.09. The van der Waals surface area contributed by atoms with Crippen molar-refractivity contribution in [1.82, 2.24) is 4.72 Å². The van der Waals surface area contributed by atoms with E-state index in [9.17, 15) is 30.8 Å². The average Bonchev–Trinajstić information content (AvgIpc) is 2.19. The maximum absolute atomic E-state index is 13.2. The largest absolute Gasteiger partial charge is 0.516 e. The molecule has 0 heterocycles. The second kappa shape index (κ2) is 4.99. The number of rotatable bonds is 2. The first-order valence-electron chi connectivity index (χ1n) is 4.13. The van der Waals surface area contributed by atoms with E-state index >= 15 is 0 Å². The molecular formula is C8H4F4INO3S. The van der Waals surface area contributed by atoms with Crippen LogP contribution in [-0.4, -0.2) is 19.8 Å². The number of hydrogen-bond donors (Lipinski definition) is 1. The Kier molecular flexibility index (Phi) is 4.20. The first-order valence-corrected chi connectivity index (χ1v) is 6.69. The molecular weight excluding hydrogens is 393 g/mol. The van der Waals surface area contributed by atoms with Gasteiger partial charge in [-0.1, -0.05) is 0 Å². The third kappa shape index (κ3) is 3.31. The number of benzene rings is 1. The van der Waals surface area contributed by atoms with Gasteiger partial charge in [-0.15, -0.1) is 0 Å². The van der Waals surface area contributed by atoms with Crippen molar-refractivity contribution in [3.05, 3.63) is 33.1 Å². The van der Waals surface area contributed by atoms with E-state index < -0.39 is 32.8 Å². The third-order valence-corrected chi connectivity index (χ3v) is 3.44. The Hall–Kier alpha value is -0.910. The lowest BCUT2D eigenvalue weighted by molar-refractivity contribution is -0.0446. The topological polar surface area (TPSA) is 63.2 Å². The molecule has 1 aromatic carbocycles. The van der Waals surface area contributed by atoms with Gasteiger partial charge in [-0.3, -0.25) is 4.79 Å². The SMILES string of the molecule is O=C(NS(=O)(=O)C(F)(F)F)c1cc(I)ccc1F. The van der Waals surface area contributed by atoms with Gasteiger partial charge in [-0.05, 0) is 40.8 Å². The molecule has 0 saturated carbocycles. The van der Waals surface area contributed by atoms with E-state index in [1.807, 2.05) is 0 Å². The maximum Gasteiger partial charge on any atom is 0.516 e. The van der Waals surface area contributed by atoms with Gasteiger partial charge in [0.1, 0.15) is 5.82 Å². The summed E-state index contributed by atoms with van der Waals surface area (Å²) in [5, 5.41) is 0. The molecule has 0 atom stereocenters. The summed E-state index contributed by atoms with van der Waals surface area (Å²) in [6.07, 6.45) is 0. The van der Waals surface area contributed by atoms with Crippen molar-refractivity contribution in [2.24, 2.45) is 0 Å². The zero-order valence-electron chi connectivity index (χ0n) is 8.25. The molecule has 0 bridgehead atoms. The molecule has 0 radical (unpaired) electrons. The number of carbonyl (C=O) groups is 1. The summed E-state index contributed by atoms with van der Waals surface area (Å²) < 4.78 is 71.5. The van der Waals surface area contributed by atoms with Crippen LogP contribution in [0.15, 0.2) is 18.2 Å². The molecule has 1 N–H and O–H groups in total. The van der Waals surface area contributed by atoms with E-state index in [1.165, 1.54) is 6.07 Å². The molecule has 1 aromatic rings. The molecule has 0 aromatic heterocycles. The lowest BCUT2D eigenvalue weighted by Crippen LogP contribution is -2.40. The second-order valence-corrected chi connectivity index (χ2v) is 5.92. The first kappa shape index (κ1) is 15.1. The Bertz CT molecular complexity index is 584. The number of alkyl halides is 3. The van der Waals surface area contributed by atoms with Crippen molar-refractivity contribution in [2.45, 2.75) is 5.51 Å². The predicted molar refractivity (Wildman–Crippen MR) is 61.6 cm³/mol. The number of hydrogen-bond acceptors (Lipinski definition) is 3. The number of carbonyl (C=O) groups excluding carboxylic acids is 1. The van der Waals surface area contributed by atoms with Crippen LogP contribution in [0.3, 0.4) is 0 Å². The van der Waals surface area contributed by atoms with Gasteiger partial charge in [0.05, 0.1) is 5.56 Å². The fourth-order valence-corrected chi connectivity index (χ4v) is 1.87. The molecule has 0 unspecified atom stereocenters. The maximum atomic E-state index is 13.2. The van der Waals surface area contributed by atoms with E-state index in [2.05, 4.69) is 0 Å². The highest BCUT2D eigenvalue weighted by Gasteiger charge is 2.47. The average molecular weight is 397 g/mol. The zero-order valence-corrected chi connectivity index (χ0v) is 11.2. The van der Waals surface area contributed by atoms with Crippen molar-refractivity contribution in [1.29, 1.82) is 0 Å². The highest BCUT2D eigenvalue weighted by Crippen LogP contribution is 2.22. The van der Waals surface area contributed by atoms with Crippen LogP contribution in [-0.2, 0) is 10.0 Å². The molecule has 0 saturated heterocycles. The van der Waals surface area contributed by atoms with E-state index in [4.69, 9.17) is 0 Å². The molecule has 1 amide bonds. The van der Waals surface area contributed by atoms with E-state index in [-0.39, 0.29) is 0 Å². The molecule has 0 fully saturated rings. The van der Waals surface area contributed by atoms with Gasteiger partial charge in [-0.25, -0.2) is 9.11 Å². The Balaban J connectivity index is 3.08. The molecule has 0 aliphatic rings. The third-order valence-electron chi connectivity index (χ3n) is 1.70. The molecule has 1 rings (SSSR count). The van der Waals surface area contributed by atoms with Crippen molar-refractivity contribution in [3.63, 3.8) is 0 Å². The predicted octanol–water partition coefficient (Wildman–Crippen LogP) is 2.01. The lowest BCUT2D eigenvalue weighted by atomic mass is 10.2. The molecule has 10 heteroatoms. The van der Waals surface area contributed by atoms with E-state index in [1.54, 1.807) is 22.6 Å². The summed E-state index contributed by atoms with van der Waals surface area (Å²) in [6, 6.07) is 3.04. The Morgan fingerprint density at radius 3 is 2.33 bits per heavy atom. The molecule has 0 spiro atoms. The van der Waals surface area contributed by atoms with Gasteiger partial charge in [0.15, 0.2) is 0 Å². The summed E-state index contributed by atoms with van der Waals surface area (Å²) in [4.78, 5) is 11.2. The fourth-order valence-electron chi connectivity index (χ4n) is 0.906. The second-order valence-electron chi connectivity index (χ2n) is 3.00. The summed E-state index contributed by atoms with van der Waals surface area (Å²) in [6.45, 7) is 0. The minimum absolute atomic E-state index is 0.364. The van der Waals surface area contributed by atoms with Crippen LogP contribution < -0.4 is 4.72 Å². The van der Waals surface area contributed by atoms with Crippen LogP contribution in [0.25, 0.3) is 0 Å². The quantitative estimate of drug-likeness (QED) is 0.614. The van der Waals surface area contributed by atoms with Gasteiger partial charge < -0.3 is 0 Å². The normalized spacial score (nSPS) is 12.3. The standard InChI is InChI=1S/C8H4F4INO3S/c9-6-2-1-4(13)3-5(6)7(15)14-18(16,17)8(10,11)12/h1-3H,(H,14,15). The minimum Gasteiger partial charge on any atom is -0.268 e. The van der Waals surface area contributed by atoms with Crippen molar-refractivity contribution in [2.75, 3.05) is 0 Å². The summed E-state index contributed by atoms with van der Waals surface area (Å²) >= 11 is 1.69. The number of halogens is 5. The highest BCUT2D eigenvalue weighted by atomic mass is 127. The monoisotopic (exact) mass is 397 g/mol. The van der Waals surface area contributed by atoms with Crippen LogP contribution in [0.5, 0.6) is 0 Å². The smallest absolute Gasteiger partial charge is 0.268 e. The van der Waals surface area contributed by atoms with Crippen molar-refractivity contribution in [3.8, 4) is 0 Å². The zero-order chi connectivity index (χ0) is 14.1. The number of amides is 1. The van der Waals surface area contributed by atoms with Crippen LogP contribution in [0.4, 0.5) is 17.6 Å². The van der Waals surface area contributed by atoms with Gasteiger partial charge in [0, 0.05) is 3.57 Å². The molecule has 4 nitrogen and oxygen atoms in total. The van der Waals surface area contributed by atoms with E-state index in [0.717, 1.165) is 16.9 Å². The number of nitrogens with one attached hydrogen (secondary N) is 1. The Morgan fingerprint density at radius 2 is 1.83 bits per heavy atom. The molecule has 18 heavy (non-hydrogen) atoms. The van der Waals surface area contributed by atoms with E-state index in [0.29, 0.717) is 3.57 Å². The fraction of sp³-hybridized carbons (Fsp3) is 0.125. The number of sulfonamides is 1. The van der Waals surface area contributed by atoms with Gasteiger partial charge >= 0.3 is 15.5 Å². The molecule has 0 aliphatic carbocycles. The summed E-state index contributed by atoms with van der Waals surface area (Å²) in [5.74, 6) is -2.80. The van der Waals surface area contributed by atoms with Crippen LogP contribution in [0, 0.1) is 9.39 Å². The summed E-state index contributed by atoms with van der Waals surface area (Å²) in [7, 11) is -5.84. The van der Waals surface area contributed by atoms with Crippen LogP contribution >= 0.6 is 22.6 Å². The van der Waals surface area contributed by atoms with Gasteiger partial charge in [0.25, 0.3) is 5.91 Å². The molecule has 0 aliphatic heterocycles. The van der Waals surface area contributed by atoms with Gasteiger partial charge in [-0.2, -0.15) is 21.6 Å². The van der Waals surface area contributed by atoms with Crippen LogP contribution in [0.2, 0.25) is 0 Å². The first-order chi connectivity index (χ1) is 8.04. The summed E-state index contributed by atoms with van der Waals surface area (Å²) in [5.41, 5.74) is -6.42. The van der Waals surface area contributed by atoms with Crippen molar-refractivity contribution < 1.29 is 30.8 Å². The molecule has 100 valence electrons.